The molecule has 0 bridgehead atoms. The Morgan fingerprint density at radius 3 is 2.67 bits per heavy atom. The van der Waals surface area contributed by atoms with Crippen LogP contribution in [0.1, 0.15) is 11.1 Å². The van der Waals surface area contributed by atoms with Gasteiger partial charge in [-0.3, -0.25) is 4.79 Å². The second-order valence-electron chi connectivity index (χ2n) is 5.45. The third kappa shape index (κ3) is 5.64. The van der Waals surface area contributed by atoms with Gasteiger partial charge in [-0.05, 0) is 43.2 Å². The Kier molecular flexibility index (Phi) is 6.72. The first-order chi connectivity index (χ1) is 11.6. The number of carbonyl (C=O) groups excluding carboxylic acids is 1. The summed E-state index contributed by atoms with van der Waals surface area (Å²) in [6, 6.07) is 9.37. The molecule has 2 rings (SSSR count). The number of nitrogens with zero attached hydrogens (tertiary/aromatic N) is 1. The van der Waals surface area contributed by atoms with Gasteiger partial charge in [0.05, 0.1) is 25.0 Å². The van der Waals surface area contributed by atoms with Crippen LogP contribution >= 0.6 is 0 Å². The number of ether oxygens (including phenoxy) is 2. The normalized spacial score (nSPS) is 10.5. The van der Waals surface area contributed by atoms with Crippen LogP contribution in [0.2, 0.25) is 0 Å². The van der Waals surface area contributed by atoms with Gasteiger partial charge in [0.1, 0.15) is 5.75 Å². The molecular weight excluding hydrogens is 306 g/mol. The first-order valence-corrected chi connectivity index (χ1v) is 7.79. The van der Waals surface area contributed by atoms with E-state index in [0.29, 0.717) is 24.7 Å². The number of aromatic nitrogens is 1. The molecule has 6 heteroatoms. The van der Waals surface area contributed by atoms with E-state index in [1.54, 1.807) is 25.4 Å². The number of methoxy groups -OCH3 is 1. The Labute approximate surface area is 142 Å². The molecule has 24 heavy (non-hydrogen) atoms. The molecule has 2 N–H and O–H groups in total. The van der Waals surface area contributed by atoms with Crippen molar-refractivity contribution >= 4 is 11.6 Å². The Morgan fingerprint density at radius 2 is 2.00 bits per heavy atom. The highest BCUT2D eigenvalue weighted by Gasteiger charge is 2.04. The van der Waals surface area contributed by atoms with E-state index in [-0.39, 0.29) is 12.5 Å². The first kappa shape index (κ1) is 17.9. The van der Waals surface area contributed by atoms with Crippen molar-refractivity contribution < 1.29 is 14.3 Å². The predicted octanol–water partition coefficient (Wildman–Crippen LogP) is 2.67. The summed E-state index contributed by atoms with van der Waals surface area (Å²) < 4.78 is 10.6. The van der Waals surface area contributed by atoms with Crippen LogP contribution in [0.3, 0.4) is 0 Å². The Morgan fingerprint density at radius 1 is 1.17 bits per heavy atom. The zero-order valence-electron chi connectivity index (χ0n) is 14.3. The lowest BCUT2D eigenvalue weighted by Crippen LogP contribution is -2.30. The number of aryl methyl sites for hydroxylation is 2. The highest BCUT2D eigenvalue weighted by Crippen LogP contribution is 2.22. The van der Waals surface area contributed by atoms with E-state index in [1.807, 2.05) is 25.1 Å². The molecule has 2 aromatic rings. The zero-order chi connectivity index (χ0) is 17.4. The summed E-state index contributed by atoms with van der Waals surface area (Å²) in [5, 5.41) is 5.74. The van der Waals surface area contributed by atoms with Crippen molar-refractivity contribution in [3.63, 3.8) is 0 Å². The molecule has 0 aliphatic rings. The first-order valence-electron chi connectivity index (χ1n) is 7.79. The van der Waals surface area contributed by atoms with Gasteiger partial charge < -0.3 is 20.1 Å². The van der Waals surface area contributed by atoms with Gasteiger partial charge in [0.15, 0.2) is 0 Å². The Balaban J connectivity index is 1.86. The predicted molar refractivity (Wildman–Crippen MR) is 93.6 cm³/mol. The lowest BCUT2D eigenvalue weighted by atomic mass is 10.1. The number of anilines is 1. The summed E-state index contributed by atoms with van der Waals surface area (Å²) in [4.78, 5) is 16.0. The summed E-state index contributed by atoms with van der Waals surface area (Å²) >= 11 is 0. The van der Waals surface area contributed by atoms with E-state index in [1.165, 1.54) is 5.56 Å². The molecule has 0 saturated heterocycles. The average molecular weight is 329 g/mol. The van der Waals surface area contributed by atoms with E-state index in [0.717, 1.165) is 11.3 Å². The number of amides is 1. The summed E-state index contributed by atoms with van der Waals surface area (Å²) in [5.41, 5.74) is 3.01. The molecule has 0 unspecified atom stereocenters. The highest BCUT2D eigenvalue weighted by atomic mass is 16.5. The highest BCUT2D eigenvalue weighted by molar-refractivity contribution is 5.92. The quantitative estimate of drug-likeness (QED) is 0.729. The maximum absolute atomic E-state index is 11.7. The summed E-state index contributed by atoms with van der Waals surface area (Å²) in [7, 11) is 1.62. The SMILES string of the molecule is COCCNCC(=O)Nc1ccc(Oc2ccc(C)c(C)c2)nc1. The van der Waals surface area contributed by atoms with E-state index >= 15 is 0 Å². The maximum atomic E-state index is 11.7. The second kappa shape index (κ2) is 9.00. The van der Waals surface area contributed by atoms with Gasteiger partial charge in [-0.1, -0.05) is 6.07 Å². The third-order valence-corrected chi connectivity index (χ3v) is 3.49. The van der Waals surface area contributed by atoms with Gasteiger partial charge in [0, 0.05) is 19.7 Å². The van der Waals surface area contributed by atoms with Gasteiger partial charge in [-0.15, -0.1) is 0 Å². The van der Waals surface area contributed by atoms with Crippen molar-refractivity contribution in [1.82, 2.24) is 10.3 Å². The number of pyridine rings is 1. The molecule has 128 valence electrons. The van der Waals surface area contributed by atoms with Crippen LogP contribution in [0.4, 0.5) is 5.69 Å². The van der Waals surface area contributed by atoms with E-state index in [9.17, 15) is 4.79 Å². The van der Waals surface area contributed by atoms with Crippen LogP contribution in [-0.2, 0) is 9.53 Å². The van der Waals surface area contributed by atoms with Crippen molar-refractivity contribution in [2.75, 3.05) is 32.1 Å². The molecule has 1 aromatic carbocycles. The summed E-state index contributed by atoms with van der Waals surface area (Å²) in [6.07, 6.45) is 1.57. The van der Waals surface area contributed by atoms with Gasteiger partial charge in [0.25, 0.3) is 0 Å². The van der Waals surface area contributed by atoms with Crippen molar-refractivity contribution in [2.45, 2.75) is 13.8 Å². The van der Waals surface area contributed by atoms with Crippen molar-refractivity contribution in [2.24, 2.45) is 0 Å². The van der Waals surface area contributed by atoms with E-state index in [2.05, 4.69) is 22.5 Å². The molecule has 0 aliphatic carbocycles. The van der Waals surface area contributed by atoms with Crippen LogP contribution in [0.25, 0.3) is 0 Å². The number of rotatable bonds is 8. The molecular formula is C18H23N3O3. The van der Waals surface area contributed by atoms with E-state index in [4.69, 9.17) is 9.47 Å². The van der Waals surface area contributed by atoms with Gasteiger partial charge in [-0.25, -0.2) is 4.98 Å². The van der Waals surface area contributed by atoms with Gasteiger partial charge in [-0.2, -0.15) is 0 Å². The minimum Gasteiger partial charge on any atom is -0.439 e. The molecule has 0 fully saturated rings. The average Bonchev–Trinajstić information content (AvgIpc) is 2.57. The third-order valence-electron chi connectivity index (χ3n) is 3.49. The number of nitrogens with one attached hydrogen (secondary N) is 2. The Bertz CT molecular complexity index is 672. The van der Waals surface area contributed by atoms with Crippen LogP contribution in [0.15, 0.2) is 36.5 Å². The molecule has 0 atom stereocenters. The van der Waals surface area contributed by atoms with Crippen LogP contribution < -0.4 is 15.4 Å². The molecule has 1 aromatic heterocycles. The number of hydrogen-bond acceptors (Lipinski definition) is 5. The molecule has 0 radical (unpaired) electrons. The molecule has 0 aliphatic heterocycles. The zero-order valence-corrected chi connectivity index (χ0v) is 14.3. The van der Waals surface area contributed by atoms with E-state index < -0.39 is 0 Å². The van der Waals surface area contributed by atoms with Gasteiger partial charge >= 0.3 is 0 Å². The molecule has 0 saturated carbocycles. The minimum absolute atomic E-state index is 0.129. The molecule has 0 spiro atoms. The summed E-state index contributed by atoms with van der Waals surface area (Å²) in [5.74, 6) is 1.09. The lowest BCUT2D eigenvalue weighted by molar-refractivity contribution is -0.115. The monoisotopic (exact) mass is 329 g/mol. The topological polar surface area (TPSA) is 72.5 Å². The number of benzene rings is 1. The van der Waals surface area contributed by atoms with Crippen molar-refractivity contribution in [1.29, 1.82) is 0 Å². The minimum atomic E-state index is -0.129. The van der Waals surface area contributed by atoms with Crippen molar-refractivity contribution in [3.05, 3.63) is 47.7 Å². The standard InChI is InChI=1S/C18H23N3O3/c1-13-4-6-16(10-14(13)2)24-18-7-5-15(11-20-18)21-17(22)12-19-8-9-23-3/h4-7,10-11,19H,8-9,12H2,1-3H3,(H,21,22). The smallest absolute Gasteiger partial charge is 0.238 e. The maximum Gasteiger partial charge on any atom is 0.238 e. The molecule has 1 heterocycles. The molecule has 1 amide bonds. The van der Waals surface area contributed by atoms with Gasteiger partial charge in [0.2, 0.25) is 11.8 Å². The van der Waals surface area contributed by atoms with Crippen LogP contribution in [-0.4, -0.2) is 37.7 Å². The fraction of sp³-hybridized carbons (Fsp3) is 0.333. The lowest BCUT2D eigenvalue weighted by Gasteiger charge is -2.09. The largest absolute Gasteiger partial charge is 0.439 e. The van der Waals surface area contributed by atoms with Crippen molar-refractivity contribution in [3.8, 4) is 11.6 Å². The second-order valence-corrected chi connectivity index (χ2v) is 5.45. The fourth-order valence-corrected chi connectivity index (χ4v) is 1.99. The number of hydrogen-bond donors (Lipinski definition) is 2. The number of carbonyl (C=O) groups is 1. The fourth-order valence-electron chi connectivity index (χ4n) is 1.99. The molecule has 6 nitrogen and oxygen atoms in total. The van der Waals surface area contributed by atoms with Crippen LogP contribution in [0.5, 0.6) is 11.6 Å². The Hall–Kier alpha value is -2.44. The summed E-state index contributed by atoms with van der Waals surface area (Å²) in [6.45, 7) is 5.52. The van der Waals surface area contributed by atoms with Crippen LogP contribution in [0, 0.1) is 13.8 Å².